The second-order valence-electron chi connectivity index (χ2n) is 5.37. The molecule has 0 radical (unpaired) electrons. The summed E-state index contributed by atoms with van der Waals surface area (Å²) in [7, 11) is 0. The first-order valence-corrected chi connectivity index (χ1v) is 7.62. The highest BCUT2D eigenvalue weighted by atomic mass is 32.2. The van der Waals surface area contributed by atoms with Gasteiger partial charge in [-0.2, -0.15) is 11.8 Å². The van der Waals surface area contributed by atoms with Crippen molar-refractivity contribution in [3.8, 4) is 0 Å². The lowest BCUT2D eigenvalue weighted by Crippen LogP contribution is -2.40. The van der Waals surface area contributed by atoms with Gasteiger partial charge in [0.2, 0.25) is 0 Å². The zero-order valence-electron chi connectivity index (χ0n) is 12.1. The largest absolute Gasteiger partial charge is 0.361 e. The number of carbonyl (C=O) groups is 2. The van der Waals surface area contributed by atoms with Crippen molar-refractivity contribution in [2.75, 3.05) is 12.3 Å². The Morgan fingerprint density at radius 1 is 1.35 bits per heavy atom. The summed E-state index contributed by atoms with van der Waals surface area (Å²) < 4.78 is 5.10. The monoisotopic (exact) mass is 297 g/mol. The van der Waals surface area contributed by atoms with Crippen LogP contribution in [0, 0.1) is 13.8 Å². The van der Waals surface area contributed by atoms with E-state index in [0.717, 1.165) is 22.8 Å². The van der Waals surface area contributed by atoms with E-state index in [9.17, 15) is 9.59 Å². The number of carbonyl (C=O) groups excluding carboxylic acids is 2. The van der Waals surface area contributed by atoms with E-state index in [1.165, 1.54) is 4.90 Å². The summed E-state index contributed by atoms with van der Waals surface area (Å²) in [6.45, 7) is 7.64. The van der Waals surface area contributed by atoms with E-state index >= 15 is 0 Å². The Bertz CT molecular complexity index is 519. The molecule has 0 bridgehead atoms. The second-order valence-corrected chi connectivity index (χ2v) is 6.47. The maximum Gasteiger partial charge on any atom is 0.325 e. The molecule has 3 amide bonds. The number of nitrogens with zero attached hydrogens (tertiary/aromatic N) is 2. The number of hydrogen-bond acceptors (Lipinski definition) is 5. The highest BCUT2D eigenvalue weighted by Gasteiger charge is 2.43. The average Bonchev–Trinajstić information content (AvgIpc) is 2.77. The van der Waals surface area contributed by atoms with Crippen LogP contribution in [-0.2, 0) is 10.5 Å². The van der Waals surface area contributed by atoms with E-state index in [0.29, 0.717) is 12.3 Å². The third-order valence-corrected chi connectivity index (χ3v) is 4.30. The summed E-state index contributed by atoms with van der Waals surface area (Å²) in [6, 6.07) is -0.307. The number of thioether (sulfide) groups is 1. The van der Waals surface area contributed by atoms with Gasteiger partial charge >= 0.3 is 6.03 Å². The molecule has 7 heteroatoms. The van der Waals surface area contributed by atoms with Crippen molar-refractivity contribution < 1.29 is 14.1 Å². The fourth-order valence-electron chi connectivity index (χ4n) is 2.06. The SMILES string of the molecule is Cc1noc(C)c1CSCCN1C(=O)NC(C)(C)C1=O. The van der Waals surface area contributed by atoms with Crippen molar-refractivity contribution in [2.45, 2.75) is 39.0 Å². The van der Waals surface area contributed by atoms with Gasteiger partial charge in [0.25, 0.3) is 5.91 Å². The molecular formula is C13H19N3O3S. The first-order chi connectivity index (χ1) is 9.33. The molecule has 1 fully saturated rings. The first kappa shape index (κ1) is 14.9. The summed E-state index contributed by atoms with van der Waals surface area (Å²) in [4.78, 5) is 24.9. The van der Waals surface area contributed by atoms with Gasteiger partial charge in [0.15, 0.2) is 0 Å². The minimum absolute atomic E-state index is 0.166. The van der Waals surface area contributed by atoms with E-state index in [1.54, 1.807) is 25.6 Å². The van der Waals surface area contributed by atoms with Crippen molar-refractivity contribution in [2.24, 2.45) is 0 Å². The van der Waals surface area contributed by atoms with Gasteiger partial charge in [-0.25, -0.2) is 4.79 Å². The standard InChI is InChI=1S/C13H19N3O3S/c1-8-10(9(2)19-15-8)7-20-6-5-16-11(17)13(3,4)14-12(16)18/h5-7H2,1-4H3,(H,14,18). The zero-order chi connectivity index (χ0) is 14.9. The summed E-state index contributed by atoms with van der Waals surface area (Å²) in [5.41, 5.74) is 1.20. The van der Waals surface area contributed by atoms with Crippen LogP contribution in [0.4, 0.5) is 4.79 Å². The molecule has 1 aromatic rings. The molecule has 0 atom stereocenters. The molecule has 2 heterocycles. The minimum atomic E-state index is -0.788. The quantitative estimate of drug-likeness (QED) is 0.663. The predicted molar refractivity (Wildman–Crippen MR) is 76.5 cm³/mol. The highest BCUT2D eigenvalue weighted by molar-refractivity contribution is 7.98. The molecule has 1 aliphatic heterocycles. The molecule has 6 nitrogen and oxygen atoms in total. The topological polar surface area (TPSA) is 75.4 Å². The minimum Gasteiger partial charge on any atom is -0.361 e. The van der Waals surface area contributed by atoms with Gasteiger partial charge in [-0.1, -0.05) is 5.16 Å². The molecule has 0 unspecified atom stereocenters. The summed E-state index contributed by atoms with van der Waals surface area (Å²) in [6.07, 6.45) is 0. The molecular weight excluding hydrogens is 278 g/mol. The van der Waals surface area contributed by atoms with Crippen molar-refractivity contribution in [3.05, 3.63) is 17.0 Å². The third kappa shape index (κ3) is 2.82. The van der Waals surface area contributed by atoms with Crippen molar-refractivity contribution in [3.63, 3.8) is 0 Å². The van der Waals surface area contributed by atoms with E-state index in [2.05, 4.69) is 10.5 Å². The van der Waals surface area contributed by atoms with Crippen molar-refractivity contribution in [1.82, 2.24) is 15.4 Å². The molecule has 0 aliphatic carbocycles. The van der Waals surface area contributed by atoms with Gasteiger partial charge in [0, 0.05) is 23.6 Å². The van der Waals surface area contributed by atoms with E-state index in [4.69, 9.17) is 4.52 Å². The van der Waals surface area contributed by atoms with Gasteiger partial charge in [0.1, 0.15) is 11.3 Å². The fourth-order valence-corrected chi connectivity index (χ4v) is 3.13. The number of hydrogen-bond donors (Lipinski definition) is 1. The molecule has 1 N–H and O–H groups in total. The summed E-state index contributed by atoms with van der Waals surface area (Å²) in [5, 5.41) is 6.57. The number of amides is 3. The Labute approximate surface area is 122 Å². The van der Waals surface area contributed by atoms with Gasteiger partial charge < -0.3 is 9.84 Å². The van der Waals surface area contributed by atoms with E-state index in [-0.39, 0.29) is 11.9 Å². The average molecular weight is 297 g/mol. The number of aromatic nitrogens is 1. The molecule has 0 saturated carbocycles. The van der Waals surface area contributed by atoms with Crippen LogP contribution in [-0.4, -0.2) is 39.8 Å². The summed E-state index contributed by atoms with van der Waals surface area (Å²) in [5.74, 6) is 2.12. The normalized spacial score (nSPS) is 17.7. The second kappa shape index (κ2) is 5.47. The lowest BCUT2D eigenvalue weighted by atomic mass is 10.1. The molecule has 1 saturated heterocycles. The van der Waals surface area contributed by atoms with Crippen molar-refractivity contribution >= 4 is 23.7 Å². The van der Waals surface area contributed by atoms with Gasteiger partial charge in [-0.15, -0.1) is 0 Å². The fraction of sp³-hybridized carbons (Fsp3) is 0.615. The number of urea groups is 1. The Balaban J connectivity index is 1.82. The number of nitrogens with one attached hydrogen (secondary N) is 1. The van der Waals surface area contributed by atoms with Crippen LogP contribution >= 0.6 is 11.8 Å². The van der Waals surface area contributed by atoms with Crippen molar-refractivity contribution in [1.29, 1.82) is 0 Å². The Kier molecular flexibility index (Phi) is 4.08. The number of aryl methyl sites for hydroxylation is 2. The Morgan fingerprint density at radius 3 is 2.55 bits per heavy atom. The molecule has 0 aromatic carbocycles. The van der Waals surface area contributed by atoms with Crippen LogP contribution < -0.4 is 5.32 Å². The van der Waals surface area contributed by atoms with Gasteiger partial charge in [-0.05, 0) is 27.7 Å². The van der Waals surface area contributed by atoms with Crippen LogP contribution in [0.5, 0.6) is 0 Å². The highest BCUT2D eigenvalue weighted by Crippen LogP contribution is 2.21. The summed E-state index contributed by atoms with van der Waals surface area (Å²) >= 11 is 1.66. The van der Waals surface area contributed by atoms with E-state index in [1.807, 2.05) is 13.8 Å². The third-order valence-electron chi connectivity index (χ3n) is 3.33. The maximum absolute atomic E-state index is 12.0. The van der Waals surface area contributed by atoms with Crippen LogP contribution in [0.1, 0.15) is 30.9 Å². The Morgan fingerprint density at radius 2 is 2.05 bits per heavy atom. The van der Waals surface area contributed by atoms with Crippen LogP contribution in [0.15, 0.2) is 4.52 Å². The smallest absolute Gasteiger partial charge is 0.325 e. The number of rotatable bonds is 5. The van der Waals surface area contributed by atoms with E-state index < -0.39 is 5.54 Å². The van der Waals surface area contributed by atoms with Gasteiger partial charge in [0.05, 0.1) is 5.69 Å². The molecule has 2 rings (SSSR count). The van der Waals surface area contributed by atoms with Crippen LogP contribution in [0.3, 0.4) is 0 Å². The lowest BCUT2D eigenvalue weighted by molar-refractivity contribution is -0.130. The molecule has 1 aromatic heterocycles. The molecule has 110 valence electrons. The predicted octanol–water partition coefficient (Wildman–Crippen LogP) is 1.86. The molecule has 20 heavy (non-hydrogen) atoms. The molecule has 1 aliphatic rings. The zero-order valence-corrected chi connectivity index (χ0v) is 13.0. The first-order valence-electron chi connectivity index (χ1n) is 6.46. The van der Waals surface area contributed by atoms with Crippen LogP contribution in [0.2, 0.25) is 0 Å². The maximum atomic E-state index is 12.0. The molecule has 0 spiro atoms. The lowest BCUT2D eigenvalue weighted by Gasteiger charge is -2.15. The Hall–Kier alpha value is -1.50. The number of imide groups is 1. The van der Waals surface area contributed by atoms with Gasteiger partial charge in [-0.3, -0.25) is 9.69 Å². The van der Waals surface area contributed by atoms with Crippen LogP contribution in [0.25, 0.3) is 0 Å².